The van der Waals surface area contributed by atoms with Crippen molar-refractivity contribution in [1.29, 1.82) is 0 Å². The lowest BCUT2D eigenvalue weighted by atomic mass is 10.2. The van der Waals surface area contributed by atoms with Crippen LogP contribution in [0.2, 0.25) is 0 Å². The first-order chi connectivity index (χ1) is 11.7. The fourth-order valence-electron chi connectivity index (χ4n) is 2.73. The zero-order chi connectivity index (χ0) is 16.5. The van der Waals surface area contributed by atoms with Crippen LogP contribution >= 0.6 is 0 Å². The van der Waals surface area contributed by atoms with E-state index in [1.54, 1.807) is 6.20 Å². The second-order valence-corrected chi connectivity index (χ2v) is 5.73. The predicted molar refractivity (Wildman–Crippen MR) is 95.4 cm³/mol. The third kappa shape index (κ3) is 2.60. The highest BCUT2D eigenvalue weighted by Gasteiger charge is 2.12. The normalized spacial score (nSPS) is 10.9. The minimum absolute atomic E-state index is 0.684. The molecule has 0 radical (unpaired) electrons. The number of aryl methyl sites for hydroxylation is 2. The molecule has 0 atom stereocenters. The molecule has 3 aromatic heterocycles. The zero-order valence-electron chi connectivity index (χ0n) is 13.6. The summed E-state index contributed by atoms with van der Waals surface area (Å²) in [5, 5.41) is 3.34. The molecule has 0 aliphatic heterocycles. The molecule has 4 rings (SSSR count). The second kappa shape index (κ2) is 5.77. The van der Waals surface area contributed by atoms with Crippen LogP contribution in [0.25, 0.3) is 17.2 Å². The van der Waals surface area contributed by atoms with Gasteiger partial charge in [0.15, 0.2) is 0 Å². The molecular formula is C19H17N5. The summed E-state index contributed by atoms with van der Waals surface area (Å²) in [5.41, 5.74) is 4.99. The van der Waals surface area contributed by atoms with Crippen LogP contribution in [-0.2, 0) is 0 Å². The van der Waals surface area contributed by atoms with Crippen molar-refractivity contribution in [3.05, 3.63) is 72.2 Å². The molecule has 0 amide bonds. The molecule has 1 aromatic carbocycles. The van der Waals surface area contributed by atoms with Crippen LogP contribution in [0.4, 0.5) is 11.5 Å². The van der Waals surface area contributed by atoms with Crippen molar-refractivity contribution in [1.82, 2.24) is 19.4 Å². The molecule has 0 unspecified atom stereocenters. The zero-order valence-corrected chi connectivity index (χ0v) is 13.6. The maximum atomic E-state index is 4.74. The highest BCUT2D eigenvalue weighted by molar-refractivity contribution is 5.65. The number of aromatic nitrogens is 4. The van der Waals surface area contributed by atoms with Gasteiger partial charge in [-0.1, -0.05) is 23.8 Å². The van der Waals surface area contributed by atoms with Crippen molar-refractivity contribution in [2.75, 3.05) is 5.32 Å². The van der Waals surface area contributed by atoms with Gasteiger partial charge in [0.2, 0.25) is 5.78 Å². The Hall–Kier alpha value is -3.21. The van der Waals surface area contributed by atoms with Crippen LogP contribution in [0.1, 0.15) is 11.3 Å². The van der Waals surface area contributed by atoms with Gasteiger partial charge in [-0.3, -0.25) is 4.40 Å². The quantitative estimate of drug-likeness (QED) is 0.617. The van der Waals surface area contributed by atoms with Gasteiger partial charge in [0.25, 0.3) is 0 Å². The standard InChI is InChI=1S/C19H17N5/c1-13-7-9-15(10-8-13)22-17-6-3-5-16(23-17)18-14(2)21-19-20-11-4-12-24(18)19/h3-12H,1-2H3,(H,22,23). The number of rotatable bonds is 3. The van der Waals surface area contributed by atoms with Crippen molar-refractivity contribution in [2.24, 2.45) is 0 Å². The third-order valence-electron chi connectivity index (χ3n) is 3.89. The lowest BCUT2D eigenvalue weighted by molar-refractivity contribution is 1.10. The Bertz CT molecular complexity index is 1000. The Morgan fingerprint density at radius 2 is 1.75 bits per heavy atom. The minimum atomic E-state index is 0.684. The average molecular weight is 315 g/mol. The van der Waals surface area contributed by atoms with Crippen molar-refractivity contribution in [2.45, 2.75) is 13.8 Å². The van der Waals surface area contributed by atoms with Gasteiger partial charge in [-0.05, 0) is 44.2 Å². The fraction of sp³-hybridized carbons (Fsp3) is 0.105. The number of anilines is 2. The number of nitrogens with zero attached hydrogens (tertiary/aromatic N) is 4. The van der Waals surface area contributed by atoms with Gasteiger partial charge in [-0.15, -0.1) is 0 Å². The predicted octanol–water partition coefficient (Wildman–Crippen LogP) is 4.15. The first kappa shape index (κ1) is 14.4. The average Bonchev–Trinajstić information content (AvgIpc) is 2.93. The highest BCUT2D eigenvalue weighted by Crippen LogP contribution is 2.24. The summed E-state index contributed by atoms with van der Waals surface area (Å²) in [6.07, 6.45) is 3.70. The van der Waals surface area contributed by atoms with E-state index in [0.717, 1.165) is 28.6 Å². The fourth-order valence-corrected chi connectivity index (χ4v) is 2.73. The van der Waals surface area contributed by atoms with Gasteiger partial charge < -0.3 is 5.32 Å². The molecule has 5 nitrogen and oxygen atoms in total. The van der Waals surface area contributed by atoms with E-state index in [-0.39, 0.29) is 0 Å². The topological polar surface area (TPSA) is 55.1 Å². The van der Waals surface area contributed by atoms with E-state index in [1.165, 1.54) is 5.56 Å². The maximum absolute atomic E-state index is 4.74. The van der Waals surface area contributed by atoms with Gasteiger partial charge in [0.1, 0.15) is 5.82 Å². The minimum Gasteiger partial charge on any atom is -0.340 e. The van der Waals surface area contributed by atoms with Crippen LogP contribution in [0.5, 0.6) is 0 Å². The number of benzene rings is 1. The number of fused-ring (bicyclic) bond motifs is 1. The van der Waals surface area contributed by atoms with E-state index >= 15 is 0 Å². The smallest absolute Gasteiger partial charge is 0.234 e. The van der Waals surface area contributed by atoms with E-state index < -0.39 is 0 Å². The number of hydrogen-bond donors (Lipinski definition) is 1. The molecule has 0 aliphatic rings. The molecule has 24 heavy (non-hydrogen) atoms. The van der Waals surface area contributed by atoms with Gasteiger partial charge in [0, 0.05) is 18.1 Å². The lowest BCUT2D eigenvalue weighted by Gasteiger charge is -2.08. The molecule has 0 bridgehead atoms. The molecule has 0 fully saturated rings. The van der Waals surface area contributed by atoms with E-state index in [9.17, 15) is 0 Å². The largest absolute Gasteiger partial charge is 0.340 e. The summed E-state index contributed by atoms with van der Waals surface area (Å²) in [6.45, 7) is 4.05. The van der Waals surface area contributed by atoms with E-state index in [1.807, 2.05) is 53.9 Å². The number of pyridine rings is 1. The Labute approximate surface area is 140 Å². The molecule has 4 aromatic rings. The van der Waals surface area contributed by atoms with Crippen molar-refractivity contribution < 1.29 is 0 Å². The molecule has 1 N–H and O–H groups in total. The Morgan fingerprint density at radius 3 is 2.58 bits per heavy atom. The molecule has 0 saturated carbocycles. The maximum Gasteiger partial charge on any atom is 0.234 e. The molecule has 118 valence electrons. The van der Waals surface area contributed by atoms with Gasteiger partial charge in [-0.2, -0.15) is 0 Å². The van der Waals surface area contributed by atoms with Crippen LogP contribution in [0.15, 0.2) is 60.9 Å². The third-order valence-corrected chi connectivity index (χ3v) is 3.89. The van der Waals surface area contributed by atoms with Gasteiger partial charge in [-0.25, -0.2) is 15.0 Å². The first-order valence-electron chi connectivity index (χ1n) is 7.81. The van der Waals surface area contributed by atoms with Crippen LogP contribution in [0.3, 0.4) is 0 Å². The number of nitrogens with one attached hydrogen (secondary N) is 1. The summed E-state index contributed by atoms with van der Waals surface area (Å²) in [6, 6.07) is 16.1. The van der Waals surface area contributed by atoms with Gasteiger partial charge in [0.05, 0.1) is 17.1 Å². The molecule has 0 spiro atoms. The van der Waals surface area contributed by atoms with Crippen LogP contribution in [-0.4, -0.2) is 19.4 Å². The molecule has 0 aliphatic carbocycles. The van der Waals surface area contributed by atoms with E-state index in [4.69, 9.17) is 4.98 Å². The Balaban J connectivity index is 1.74. The monoisotopic (exact) mass is 315 g/mol. The molecular weight excluding hydrogens is 298 g/mol. The first-order valence-corrected chi connectivity index (χ1v) is 7.81. The van der Waals surface area contributed by atoms with Crippen LogP contribution < -0.4 is 5.32 Å². The summed E-state index contributed by atoms with van der Waals surface area (Å²) < 4.78 is 1.97. The molecule has 0 saturated heterocycles. The van der Waals surface area contributed by atoms with Crippen molar-refractivity contribution in [3.63, 3.8) is 0 Å². The summed E-state index contributed by atoms with van der Waals surface area (Å²) in [4.78, 5) is 13.5. The summed E-state index contributed by atoms with van der Waals surface area (Å²) in [7, 11) is 0. The highest BCUT2D eigenvalue weighted by atomic mass is 15.1. The summed E-state index contributed by atoms with van der Waals surface area (Å²) >= 11 is 0. The lowest BCUT2D eigenvalue weighted by Crippen LogP contribution is -1.97. The van der Waals surface area contributed by atoms with Crippen molar-refractivity contribution >= 4 is 17.3 Å². The number of imidazole rings is 1. The van der Waals surface area contributed by atoms with Gasteiger partial charge >= 0.3 is 0 Å². The number of hydrogen-bond acceptors (Lipinski definition) is 4. The Morgan fingerprint density at radius 1 is 0.917 bits per heavy atom. The molecule has 3 heterocycles. The van der Waals surface area contributed by atoms with Crippen molar-refractivity contribution in [3.8, 4) is 11.4 Å². The van der Waals surface area contributed by atoms with E-state index in [0.29, 0.717) is 5.78 Å². The second-order valence-electron chi connectivity index (χ2n) is 5.73. The SMILES string of the molecule is Cc1ccc(Nc2cccc(-c3c(C)nc4ncccn34)n2)cc1. The Kier molecular flexibility index (Phi) is 3.46. The van der Waals surface area contributed by atoms with E-state index in [2.05, 4.69) is 34.3 Å². The van der Waals surface area contributed by atoms with Crippen LogP contribution in [0, 0.1) is 13.8 Å². The molecule has 5 heteroatoms. The summed E-state index contributed by atoms with van der Waals surface area (Å²) in [5.74, 6) is 1.48.